The minimum atomic E-state index is 0.191. The zero-order chi connectivity index (χ0) is 13.9. The number of fused-ring (bicyclic) bond motifs is 1. The van der Waals surface area contributed by atoms with Crippen molar-refractivity contribution in [1.29, 1.82) is 0 Å². The summed E-state index contributed by atoms with van der Waals surface area (Å²) in [5, 5.41) is 5.08. The van der Waals surface area contributed by atoms with Crippen LogP contribution < -0.4 is 5.32 Å². The second-order valence-electron chi connectivity index (χ2n) is 5.19. The maximum atomic E-state index is 6.26. The Morgan fingerprint density at radius 3 is 2.79 bits per heavy atom. The molecule has 0 amide bonds. The number of halogens is 1. The summed E-state index contributed by atoms with van der Waals surface area (Å²) in [6.45, 7) is 5.29. The minimum Gasteiger partial charge on any atom is -0.307 e. The van der Waals surface area contributed by atoms with Crippen LogP contribution in [-0.4, -0.2) is 21.8 Å². The molecular formula is C14H22ClN3S. The molecule has 1 aromatic rings. The molecule has 0 saturated carbocycles. The van der Waals surface area contributed by atoms with E-state index in [1.807, 2.05) is 6.26 Å². The van der Waals surface area contributed by atoms with E-state index in [1.54, 1.807) is 11.8 Å². The highest BCUT2D eigenvalue weighted by Crippen LogP contribution is 2.32. The van der Waals surface area contributed by atoms with Gasteiger partial charge in [-0.3, -0.25) is 0 Å². The molecule has 0 spiro atoms. The molecule has 1 aliphatic heterocycles. The molecule has 1 atom stereocenters. The van der Waals surface area contributed by atoms with E-state index < -0.39 is 0 Å². The summed E-state index contributed by atoms with van der Waals surface area (Å²) in [5.41, 5.74) is 2.41. The number of rotatable bonds is 5. The first kappa shape index (κ1) is 15.1. The maximum Gasteiger partial charge on any atom is 0.188 e. The molecule has 1 aromatic heterocycles. The Bertz CT molecular complexity index is 453. The van der Waals surface area contributed by atoms with Gasteiger partial charge in [0, 0.05) is 24.1 Å². The number of thioether (sulfide) groups is 1. The Morgan fingerprint density at radius 2 is 2.16 bits per heavy atom. The van der Waals surface area contributed by atoms with Crippen molar-refractivity contribution >= 4 is 23.4 Å². The standard InChI is InChI=1S/C14H22ClN3S/c1-4-6-7-14(5-2)8-11-10(9-16-14)12(15)18-13(17-11)19-3/h16H,4-9H2,1-3H3. The van der Waals surface area contributed by atoms with Gasteiger partial charge in [0.25, 0.3) is 0 Å². The Kier molecular flexibility index (Phi) is 5.09. The molecule has 0 fully saturated rings. The minimum absolute atomic E-state index is 0.191. The highest BCUT2D eigenvalue weighted by Gasteiger charge is 2.34. The van der Waals surface area contributed by atoms with Crippen molar-refractivity contribution < 1.29 is 0 Å². The van der Waals surface area contributed by atoms with Crippen molar-refractivity contribution in [3.05, 3.63) is 16.4 Å². The molecule has 1 aliphatic rings. The summed E-state index contributed by atoms with van der Waals surface area (Å²) in [4.78, 5) is 8.99. The molecule has 0 aromatic carbocycles. The third-order valence-corrected chi connectivity index (χ3v) is 4.90. The molecule has 2 heterocycles. The number of nitrogens with one attached hydrogen (secondary N) is 1. The monoisotopic (exact) mass is 299 g/mol. The van der Waals surface area contributed by atoms with Gasteiger partial charge in [-0.2, -0.15) is 0 Å². The van der Waals surface area contributed by atoms with Crippen LogP contribution in [0.15, 0.2) is 5.16 Å². The van der Waals surface area contributed by atoms with Crippen LogP contribution in [-0.2, 0) is 13.0 Å². The van der Waals surface area contributed by atoms with Crippen LogP contribution in [0.25, 0.3) is 0 Å². The van der Waals surface area contributed by atoms with Crippen LogP contribution in [0.5, 0.6) is 0 Å². The predicted molar refractivity (Wildman–Crippen MR) is 81.9 cm³/mol. The van der Waals surface area contributed by atoms with Gasteiger partial charge in [-0.15, -0.1) is 0 Å². The van der Waals surface area contributed by atoms with E-state index in [9.17, 15) is 0 Å². The summed E-state index contributed by atoms with van der Waals surface area (Å²) in [5.74, 6) is 0. The van der Waals surface area contributed by atoms with E-state index in [1.165, 1.54) is 19.3 Å². The van der Waals surface area contributed by atoms with Gasteiger partial charge in [0.15, 0.2) is 5.16 Å². The van der Waals surface area contributed by atoms with Gasteiger partial charge in [0.1, 0.15) is 5.15 Å². The van der Waals surface area contributed by atoms with E-state index >= 15 is 0 Å². The summed E-state index contributed by atoms with van der Waals surface area (Å²) < 4.78 is 0. The van der Waals surface area contributed by atoms with Crippen LogP contribution in [0.2, 0.25) is 5.15 Å². The second-order valence-corrected chi connectivity index (χ2v) is 6.33. The van der Waals surface area contributed by atoms with Gasteiger partial charge in [-0.1, -0.05) is 50.1 Å². The normalized spacial score (nSPS) is 22.3. The third-order valence-electron chi connectivity index (χ3n) is 4.04. The van der Waals surface area contributed by atoms with Gasteiger partial charge in [-0.05, 0) is 19.1 Å². The molecule has 0 radical (unpaired) electrons. The lowest BCUT2D eigenvalue weighted by Crippen LogP contribution is -2.49. The SMILES string of the molecule is CCCCC1(CC)Cc2nc(SC)nc(Cl)c2CN1. The predicted octanol–water partition coefficient (Wildman–Crippen LogP) is 3.84. The number of hydrogen-bond acceptors (Lipinski definition) is 4. The van der Waals surface area contributed by atoms with Crippen LogP contribution in [0.4, 0.5) is 0 Å². The molecule has 0 aliphatic carbocycles. The van der Waals surface area contributed by atoms with Gasteiger partial charge in [0.2, 0.25) is 0 Å². The molecule has 2 rings (SSSR count). The first-order chi connectivity index (χ1) is 9.14. The fourth-order valence-electron chi connectivity index (χ4n) is 2.67. The second kappa shape index (κ2) is 6.42. The Hall–Kier alpha value is -0.320. The number of aromatic nitrogens is 2. The molecule has 5 heteroatoms. The number of unbranched alkanes of at least 4 members (excludes halogenated alkanes) is 1. The average molecular weight is 300 g/mol. The molecule has 0 saturated heterocycles. The van der Waals surface area contributed by atoms with E-state index in [0.717, 1.165) is 35.8 Å². The number of nitrogens with zero attached hydrogens (tertiary/aromatic N) is 2. The highest BCUT2D eigenvalue weighted by atomic mass is 35.5. The topological polar surface area (TPSA) is 37.8 Å². The molecule has 19 heavy (non-hydrogen) atoms. The Balaban J connectivity index is 2.28. The van der Waals surface area contributed by atoms with Crippen LogP contribution in [0.3, 0.4) is 0 Å². The van der Waals surface area contributed by atoms with E-state index in [-0.39, 0.29) is 5.54 Å². The molecular weight excluding hydrogens is 278 g/mol. The smallest absolute Gasteiger partial charge is 0.188 e. The molecule has 1 unspecified atom stereocenters. The van der Waals surface area contributed by atoms with Crippen molar-refractivity contribution in [2.45, 2.75) is 63.2 Å². The Labute approximate surface area is 124 Å². The lowest BCUT2D eigenvalue weighted by Gasteiger charge is -2.38. The van der Waals surface area contributed by atoms with Crippen molar-refractivity contribution in [2.75, 3.05) is 6.26 Å². The van der Waals surface area contributed by atoms with E-state index in [0.29, 0.717) is 5.15 Å². The zero-order valence-corrected chi connectivity index (χ0v) is 13.5. The van der Waals surface area contributed by atoms with Crippen molar-refractivity contribution in [3.63, 3.8) is 0 Å². The lowest BCUT2D eigenvalue weighted by atomic mass is 9.81. The lowest BCUT2D eigenvalue weighted by molar-refractivity contribution is 0.258. The van der Waals surface area contributed by atoms with E-state index in [2.05, 4.69) is 29.1 Å². The van der Waals surface area contributed by atoms with Crippen LogP contribution in [0, 0.1) is 0 Å². The zero-order valence-electron chi connectivity index (χ0n) is 11.9. The summed E-state index contributed by atoms with van der Waals surface area (Å²) >= 11 is 7.82. The maximum absolute atomic E-state index is 6.26. The summed E-state index contributed by atoms with van der Waals surface area (Å²) in [7, 11) is 0. The molecule has 106 valence electrons. The summed E-state index contributed by atoms with van der Waals surface area (Å²) in [6.07, 6.45) is 7.78. The van der Waals surface area contributed by atoms with Gasteiger partial charge < -0.3 is 5.32 Å². The number of hydrogen-bond donors (Lipinski definition) is 1. The summed E-state index contributed by atoms with van der Waals surface area (Å²) in [6, 6.07) is 0. The van der Waals surface area contributed by atoms with Crippen molar-refractivity contribution in [3.8, 4) is 0 Å². The first-order valence-corrected chi connectivity index (χ1v) is 8.58. The molecule has 1 N–H and O–H groups in total. The van der Waals surface area contributed by atoms with Crippen molar-refractivity contribution in [2.24, 2.45) is 0 Å². The highest BCUT2D eigenvalue weighted by molar-refractivity contribution is 7.98. The fourth-order valence-corrected chi connectivity index (χ4v) is 3.36. The van der Waals surface area contributed by atoms with E-state index in [4.69, 9.17) is 11.6 Å². The average Bonchev–Trinajstić information content (AvgIpc) is 2.44. The van der Waals surface area contributed by atoms with Crippen LogP contribution in [0.1, 0.15) is 50.8 Å². The molecule has 0 bridgehead atoms. The third kappa shape index (κ3) is 3.23. The van der Waals surface area contributed by atoms with Gasteiger partial charge in [-0.25, -0.2) is 9.97 Å². The van der Waals surface area contributed by atoms with Gasteiger partial charge in [0.05, 0.1) is 5.69 Å². The van der Waals surface area contributed by atoms with Gasteiger partial charge >= 0.3 is 0 Å². The van der Waals surface area contributed by atoms with Crippen molar-refractivity contribution in [1.82, 2.24) is 15.3 Å². The first-order valence-electron chi connectivity index (χ1n) is 6.98. The Morgan fingerprint density at radius 1 is 1.37 bits per heavy atom. The van der Waals surface area contributed by atoms with Crippen LogP contribution >= 0.6 is 23.4 Å². The quantitative estimate of drug-likeness (QED) is 0.509. The largest absolute Gasteiger partial charge is 0.307 e. The molecule has 3 nitrogen and oxygen atoms in total. The fraction of sp³-hybridized carbons (Fsp3) is 0.714.